The Hall–Kier alpha value is -1.08. The lowest BCUT2D eigenvalue weighted by molar-refractivity contribution is -0.155. The van der Waals surface area contributed by atoms with Gasteiger partial charge in [0.05, 0.1) is 12.5 Å². The molecule has 0 fully saturated rings. The van der Waals surface area contributed by atoms with E-state index < -0.39 is 5.60 Å². The van der Waals surface area contributed by atoms with Crippen molar-refractivity contribution in [2.24, 2.45) is 0 Å². The maximum absolute atomic E-state index is 11.5. The van der Waals surface area contributed by atoms with Crippen LogP contribution in [0.4, 0.5) is 0 Å². The molecule has 0 heterocycles. The molecule has 0 spiro atoms. The van der Waals surface area contributed by atoms with Gasteiger partial charge in [0, 0.05) is 25.6 Å². The predicted molar refractivity (Wildman–Crippen MR) is 67.4 cm³/mol. The number of carbonyl (C=O) groups excluding carboxylic acids is 1. The molecule has 0 N–H and O–H groups in total. The Labute approximate surface area is 105 Å². The fraction of sp³-hybridized carbons (Fsp3) is 0.846. The zero-order valence-corrected chi connectivity index (χ0v) is 11.6. The minimum atomic E-state index is -0.424. The van der Waals surface area contributed by atoms with E-state index in [2.05, 4.69) is 24.8 Å². The highest BCUT2D eigenvalue weighted by molar-refractivity contribution is 5.70. The van der Waals surface area contributed by atoms with E-state index in [-0.39, 0.29) is 5.97 Å². The molecule has 0 atom stereocenters. The number of hydrogen-bond donors (Lipinski definition) is 0. The predicted octanol–water partition coefficient (Wildman–Crippen LogP) is 2.34. The largest absolute Gasteiger partial charge is 0.460 e. The van der Waals surface area contributed by atoms with Crippen molar-refractivity contribution in [3.8, 4) is 6.07 Å². The highest BCUT2D eigenvalue weighted by Gasteiger charge is 2.17. The number of hydrogen-bond acceptors (Lipinski definition) is 4. The van der Waals surface area contributed by atoms with Crippen LogP contribution in [0.1, 0.15) is 47.5 Å². The second-order valence-corrected chi connectivity index (χ2v) is 5.37. The highest BCUT2D eigenvalue weighted by atomic mass is 16.6. The molecule has 0 aliphatic carbocycles. The van der Waals surface area contributed by atoms with Crippen molar-refractivity contribution in [1.82, 2.24) is 4.90 Å². The van der Waals surface area contributed by atoms with Crippen molar-refractivity contribution < 1.29 is 9.53 Å². The maximum Gasteiger partial charge on any atom is 0.307 e. The van der Waals surface area contributed by atoms with Gasteiger partial charge in [-0.25, -0.2) is 0 Å². The number of esters is 1. The zero-order chi connectivity index (χ0) is 13.5. The molecule has 0 aliphatic heterocycles. The third-order valence-corrected chi connectivity index (χ3v) is 2.26. The Bertz CT molecular complexity index is 274. The molecule has 98 valence electrons. The molecule has 4 heteroatoms. The van der Waals surface area contributed by atoms with E-state index >= 15 is 0 Å². The molecular weight excluding hydrogens is 216 g/mol. The van der Waals surface area contributed by atoms with Gasteiger partial charge in [-0.3, -0.25) is 9.69 Å². The fourth-order valence-electron chi connectivity index (χ4n) is 1.45. The van der Waals surface area contributed by atoms with Gasteiger partial charge >= 0.3 is 5.97 Å². The van der Waals surface area contributed by atoms with Gasteiger partial charge in [0.2, 0.25) is 0 Å². The summed E-state index contributed by atoms with van der Waals surface area (Å²) in [6.07, 6.45) is 0.868. The van der Waals surface area contributed by atoms with Crippen molar-refractivity contribution in [1.29, 1.82) is 5.26 Å². The molecule has 0 bridgehead atoms. The van der Waals surface area contributed by atoms with Crippen LogP contribution in [0.25, 0.3) is 0 Å². The molecule has 0 rings (SSSR count). The quantitative estimate of drug-likeness (QED) is 0.669. The molecule has 0 aliphatic rings. The van der Waals surface area contributed by atoms with Crippen molar-refractivity contribution in [3.63, 3.8) is 0 Å². The molecule has 0 saturated carbocycles. The summed E-state index contributed by atoms with van der Waals surface area (Å²) in [6.45, 7) is 11.1. The van der Waals surface area contributed by atoms with E-state index in [0.717, 1.165) is 0 Å². The van der Waals surface area contributed by atoms with Gasteiger partial charge in [-0.05, 0) is 34.6 Å². The summed E-state index contributed by atoms with van der Waals surface area (Å²) in [5, 5.41) is 8.56. The minimum absolute atomic E-state index is 0.180. The number of rotatable bonds is 6. The normalized spacial score (nSPS) is 11.6. The molecule has 0 saturated heterocycles. The van der Waals surface area contributed by atoms with Gasteiger partial charge in [-0.2, -0.15) is 5.26 Å². The van der Waals surface area contributed by atoms with E-state index in [1.807, 2.05) is 20.8 Å². The van der Waals surface area contributed by atoms with Gasteiger partial charge in [0.15, 0.2) is 0 Å². The molecule has 0 aromatic heterocycles. The van der Waals surface area contributed by atoms with Crippen molar-refractivity contribution >= 4 is 5.97 Å². The number of ether oxygens (including phenoxy) is 1. The molecule has 0 aromatic carbocycles. The van der Waals surface area contributed by atoms with Crippen LogP contribution in [0.15, 0.2) is 0 Å². The third kappa shape index (κ3) is 8.70. The Balaban J connectivity index is 4.05. The second kappa shape index (κ2) is 7.29. The topological polar surface area (TPSA) is 53.3 Å². The van der Waals surface area contributed by atoms with E-state index in [0.29, 0.717) is 32.0 Å². The Morgan fingerprint density at radius 1 is 1.35 bits per heavy atom. The molecule has 4 nitrogen and oxygen atoms in total. The van der Waals surface area contributed by atoms with E-state index in [1.54, 1.807) is 0 Å². The van der Waals surface area contributed by atoms with E-state index in [9.17, 15) is 4.79 Å². The average molecular weight is 240 g/mol. The number of nitriles is 1. The van der Waals surface area contributed by atoms with Crippen LogP contribution in [0.2, 0.25) is 0 Å². The van der Waals surface area contributed by atoms with E-state index in [4.69, 9.17) is 10.00 Å². The molecular formula is C13H24N2O2. The van der Waals surface area contributed by atoms with E-state index in [1.165, 1.54) is 0 Å². The van der Waals surface area contributed by atoms with Crippen molar-refractivity contribution in [2.45, 2.75) is 59.1 Å². The van der Waals surface area contributed by atoms with Crippen LogP contribution in [-0.4, -0.2) is 35.6 Å². The Morgan fingerprint density at radius 3 is 2.35 bits per heavy atom. The molecule has 0 unspecified atom stereocenters. The first kappa shape index (κ1) is 15.9. The Kier molecular flexibility index (Phi) is 6.82. The first-order valence-corrected chi connectivity index (χ1v) is 6.09. The van der Waals surface area contributed by atoms with Gasteiger partial charge in [0.25, 0.3) is 0 Å². The molecule has 17 heavy (non-hydrogen) atoms. The minimum Gasteiger partial charge on any atom is -0.460 e. The maximum atomic E-state index is 11.5. The summed E-state index contributed by atoms with van der Waals surface area (Å²) in [5.41, 5.74) is -0.424. The number of nitrogens with zero attached hydrogens (tertiary/aromatic N) is 2. The molecule has 0 aromatic rings. The first-order chi connectivity index (χ1) is 7.76. The first-order valence-electron chi connectivity index (χ1n) is 6.09. The lowest BCUT2D eigenvalue weighted by Crippen LogP contribution is -2.35. The third-order valence-electron chi connectivity index (χ3n) is 2.26. The van der Waals surface area contributed by atoms with Crippen LogP contribution < -0.4 is 0 Å². The van der Waals surface area contributed by atoms with Gasteiger partial charge in [0.1, 0.15) is 5.60 Å². The number of carbonyl (C=O) groups is 1. The van der Waals surface area contributed by atoms with Crippen molar-refractivity contribution in [2.75, 3.05) is 13.1 Å². The molecule has 0 amide bonds. The second-order valence-electron chi connectivity index (χ2n) is 5.37. The summed E-state index contributed by atoms with van der Waals surface area (Å²) in [5.74, 6) is -0.180. The average Bonchev–Trinajstić information content (AvgIpc) is 2.14. The van der Waals surface area contributed by atoms with Gasteiger partial charge < -0.3 is 4.74 Å². The lowest BCUT2D eigenvalue weighted by Gasteiger charge is -2.26. The SMILES string of the molecule is CC(C)N(CCC#N)CCC(=O)OC(C)(C)C. The smallest absolute Gasteiger partial charge is 0.307 e. The van der Waals surface area contributed by atoms with Crippen LogP contribution >= 0.6 is 0 Å². The fourth-order valence-corrected chi connectivity index (χ4v) is 1.45. The summed E-state index contributed by atoms with van der Waals surface area (Å²) in [6, 6.07) is 2.46. The summed E-state index contributed by atoms with van der Waals surface area (Å²) in [4.78, 5) is 13.7. The molecule has 0 radical (unpaired) electrons. The Morgan fingerprint density at radius 2 is 1.94 bits per heavy atom. The highest BCUT2D eigenvalue weighted by Crippen LogP contribution is 2.09. The lowest BCUT2D eigenvalue weighted by atomic mass is 10.2. The van der Waals surface area contributed by atoms with Crippen LogP contribution in [0.3, 0.4) is 0 Å². The summed E-state index contributed by atoms with van der Waals surface area (Å²) in [7, 11) is 0. The van der Waals surface area contributed by atoms with Gasteiger partial charge in [-0.1, -0.05) is 0 Å². The standard InChI is InChI=1S/C13H24N2O2/c1-11(2)15(9-6-8-14)10-7-12(16)17-13(3,4)5/h11H,6-7,9-10H2,1-5H3. The zero-order valence-electron chi connectivity index (χ0n) is 11.6. The van der Waals surface area contributed by atoms with Crippen LogP contribution in [0.5, 0.6) is 0 Å². The summed E-state index contributed by atoms with van der Waals surface area (Å²) < 4.78 is 5.24. The summed E-state index contributed by atoms with van der Waals surface area (Å²) >= 11 is 0. The van der Waals surface area contributed by atoms with Gasteiger partial charge in [-0.15, -0.1) is 0 Å². The van der Waals surface area contributed by atoms with Crippen molar-refractivity contribution in [3.05, 3.63) is 0 Å². The monoisotopic (exact) mass is 240 g/mol. The van der Waals surface area contributed by atoms with Crippen LogP contribution in [-0.2, 0) is 9.53 Å². The van der Waals surface area contributed by atoms with Crippen LogP contribution in [0, 0.1) is 11.3 Å².